The predicted molar refractivity (Wildman–Crippen MR) is 89.7 cm³/mol. The Labute approximate surface area is 130 Å². The number of carbonyl (C=O) groups is 1. The monoisotopic (exact) mass is 286 g/mol. The van der Waals surface area contributed by atoms with Gasteiger partial charge in [-0.05, 0) is 61.6 Å². The van der Waals surface area contributed by atoms with Crippen molar-refractivity contribution < 1.29 is 4.79 Å². The van der Waals surface area contributed by atoms with Gasteiger partial charge in [-0.3, -0.25) is 4.79 Å². The maximum Gasteiger partial charge on any atom is 0.137 e. The minimum Gasteiger partial charge on any atom is -0.299 e. The molecule has 1 aromatic rings. The molecule has 0 radical (unpaired) electrons. The van der Waals surface area contributed by atoms with E-state index in [1.807, 2.05) is 0 Å². The maximum atomic E-state index is 12.6. The molecule has 1 heteroatoms. The fourth-order valence-electron chi connectivity index (χ4n) is 3.86. The lowest BCUT2D eigenvalue weighted by molar-refractivity contribution is -0.121. The minimum absolute atomic E-state index is 0.246. The summed E-state index contributed by atoms with van der Waals surface area (Å²) in [5, 5.41) is 0. The van der Waals surface area contributed by atoms with Crippen LogP contribution in [-0.2, 0) is 11.2 Å². The van der Waals surface area contributed by atoms with Gasteiger partial charge in [0.15, 0.2) is 0 Å². The number of aryl methyl sites for hydroxylation is 3. The van der Waals surface area contributed by atoms with E-state index in [2.05, 4.69) is 46.8 Å². The molecule has 1 aliphatic carbocycles. The molecule has 1 fully saturated rings. The van der Waals surface area contributed by atoms with E-state index in [0.717, 1.165) is 12.3 Å². The molecule has 1 aliphatic rings. The lowest BCUT2D eigenvalue weighted by Gasteiger charge is -2.36. The van der Waals surface area contributed by atoms with Crippen LogP contribution in [0.25, 0.3) is 0 Å². The first kappa shape index (κ1) is 16.3. The third-order valence-corrected chi connectivity index (χ3v) is 5.32. The molecule has 116 valence electrons. The third-order valence-electron chi connectivity index (χ3n) is 5.32. The number of Topliss-reactive ketones (excluding diaryl/α,β-unsaturated/α-hetero) is 1. The Kier molecular flexibility index (Phi) is 4.91. The molecule has 0 atom stereocenters. The third kappa shape index (κ3) is 4.18. The first-order valence-corrected chi connectivity index (χ1v) is 8.37. The quantitative estimate of drug-likeness (QED) is 0.731. The molecule has 0 saturated heterocycles. The highest BCUT2D eigenvalue weighted by atomic mass is 16.1. The van der Waals surface area contributed by atoms with Crippen LogP contribution in [0.2, 0.25) is 0 Å². The van der Waals surface area contributed by atoms with Crippen LogP contribution in [0, 0.1) is 32.1 Å². The molecule has 1 saturated carbocycles. The number of carbonyl (C=O) groups excluding carboxylic acids is 1. The van der Waals surface area contributed by atoms with Crippen LogP contribution in [0.15, 0.2) is 12.1 Å². The van der Waals surface area contributed by atoms with Crippen molar-refractivity contribution in [1.29, 1.82) is 0 Å². The Morgan fingerprint density at radius 2 is 1.67 bits per heavy atom. The average Bonchev–Trinajstić information content (AvgIpc) is 2.37. The zero-order chi connectivity index (χ0) is 15.6. The van der Waals surface area contributed by atoms with E-state index < -0.39 is 0 Å². The van der Waals surface area contributed by atoms with E-state index in [-0.39, 0.29) is 5.41 Å². The molecule has 0 N–H and O–H groups in total. The van der Waals surface area contributed by atoms with Crippen molar-refractivity contribution in [3.8, 4) is 0 Å². The zero-order valence-corrected chi connectivity index (χ0v) is 14.4. The lowest BCUT2D eigenvalue weighted by atomic mass is 9.69. The molecule has 21 heavy (non-hydrogen) atoms. The van der Waals surface area contributed by atoms with Crippen molar-refractivity contribution in [3.05, 3.63) is 34.4 Å². The lowest BCUT2D eigenvalue weighted by Crippen LogP contribution is -2.27. The Balaban J connectivity index is 2.02. The summed E-state index contributed by atoms with van der Waals surface area (Å²) >= 11 is 0. The number of benzene rings is 1. The minimum atomic E-state index is 0.246. The highest BCUT2D eigenvalue weighted by Gasteiger charge is 2.31. The fraction of sp³-hybridized carbons (Fsp3) is 0.650. The smallest absolute Gasteiger partial charge is 0.137 e. The summed E-state index contributed by atoms with van der Waals surface area (Å²) < 4.78 is 0. The summed E-state index contributed by atoms with van der Waals surface area (Å²) in [5.41, 5.74) is 5.31. The first-order chi connectivity index (χ1) is 9.79. The van der Waals surface area contributed by atoms with Crippen LogP contribution in [-0.4, -0.2) is 5.78 Å². The van der Waals surface area contributed by atoms with Crippen molar-refractivity contribution in [3.63, 3.8) is 0 Å². The highest BCUT2D eigenvalue weighted by molar-refractivity contribution is 5.82. The Morgan fingerprint density at radius 3 is 2.19 bits per heavy atom. The van der Waals surface area contributed by atoms with Crippen LogP contribution < -0.4 is 0 Å². The molecule has 0 amide bonds. The molecule has 0 unspecified atom stereocenters. The van der Waals surface area contributed by atoms with Gasteiger partial charge in [-0.15, -0.1) is 0 Å². The molecular formula is C20H30O. The number of ketones is 1. The van der Waals surface area contributed by atoms with Crippen molar-refractivity contribution in [2.24, 2.45) is 11.3 Å². The van der Waals surface area contributed by atoms with E-state index in [1.165, 1.54) is 47.9 Å². The number of hydrogen-bond acceptors (Lipinski definition) is 1. The molecule has 1 aromatic carbocycles. The Morgan fingerprint density at radius 1 is 1.14 bits per heavy atom. The molecular weight excluding hydrogens is 256 g/mol. The van der Waals surface area contributed by atoms with Crippen LogP contribution in [0.1, 0.15) is 68.2 Å². The Bertz CT molecular complexity index is 496. The summed E-state index contributed by atoms with van der Waals surface area (Å²) in [7, 11) is 0. The van der Waals surface area contributed by atoms with Gasteiger partial charge in [-0.1, -0.05) is 44.4 Å². The predicted octanol–water partition coefficient (Wildman–Crippen LogP) is 5.33. The average molecular weight is 286 g/mol. The van der Waals surface area contributed by atoms with Crippen molar-refractivity contribution in [2.45, 2.75) is 73.1 Å². The molecule has 0 aliphatic heterocycles. The summed E-state index contributed by atoms with van der Waals surface area (Å²) in [4.78, 5) is 12.6. The van der Waals surface area contributed by atoms with Crippen molar-refractivity contribution in [2.75, 3.05) is 0 Å². The Hall–Kier alpha value is -1.11. The van der Waals surface area contributed by atoms with Crippen LogP contribution in [0.5, 0.6) is 0 Å². The molecule has 1 nitrogen and oxygen atoms in total. The second kappa shape index (κ2) is 6.34. The van der Waals surface area contributed by atoms with E-state index in [9.17, 15) is 4.79 Å². The normalized spacial score (nSPS) is 25.9. The van der Waals surface area contributed by atoms with Gasteiger partial charge in [-0.25, -0.2) is 0 Å². The topological polar surface area (TPSA) is 17.1 Å². The standard InChI is InChI=1S/C20H30O/c1-14-6-8-20(5,9-7-14)13-18(21)12-19-16(3)10-15(2)11-17(19)4/h10-11,14H,6-9,12-13H2,1-5H3. The van der Waals surface area contributed by atoms with E-state index >= 15 is 0 Å². The SMILES string of the molecule is Cc1cc(C)c(CC(=O)CC2(C)CCC(C)CC2)c(C)c1. The number of hydrogen-bond donors (Lipinski definition) is 0. The van der Waals surface area contributed by atoms with E-state index in [4.69, 9.17) is 0 Å². The zero-order valence-electron chi connectivity index (χ0n) is 14.4. The second-order valence-corrected chi connectivity index (χ2v) is 7.76. The first-order valence-electron chi connectivity index (χ1n) is 8.37. The van der Waals surface area contributed by atoms with Gasteiger partial charge in [0.2, 0.25) is 0 Å². The number of rotatable bonds is 4. The van der Waals surface area contributed by atoms with Crippen molar-refractivity contribution in [1.82, 2.24) is 0 Å². The van der Waals surface area contributed by atoms with Gasteiger partial charge in [0.05, 0.1) is 0 Å². The van der Waals surface area contributed by atoms with E-state index in [0.29, 0.717) is 12.2 Å². The molecule has 0 bridgehead atoms. The molecule has 2 rings (SSSR count). The second-order valence-electron chi connectivity index (χ2n) is 7.76. The van der Waals surface area contributed by atoms with Gasteiger partial charge in [0.1, 0.15) is 5.78 Å². The molecule has 0 aromatic heterocycles. The fourth-order valence-corrected chi connectivity index (χ4v) is 3.86. The van der Waals surface area contributed by atoms with Crippen LogP contribution in [0.3, 0.4) is 0 Å². The molecule has 0 spiro atoms. The summed E-state index contributed by atoms with van der Waals surface area (Å²) in [6.45, 7) is 11.0. The van der Waals surface area contributed by atoms with Gasteiger partial charge in [0, 0.05) is 12.8 Å². The summed E-state index contributed by atoms with van der Waals surface area (Å²) in [5.74, 6) is 1.26. The van der Waals surface area contributed by atoms with Crippen molar-refractivity contribution >= 4 is 5.78 Å². The van der Waals surface area contributed by atoms with Crippen LogP contribution in [0.4, 0.5) is 0 Å². The maximum absolute atomic E-state index is 12.6. The van der Waals surface area contributed by atoms with E-state index in [1.54, 1.807) is 0 Å². The highest BCUT2D eigenvalue weighted by Crippen LogP contribution is 2.41. The van der Waals surface area contributed by atoms with Gasteiger partial charge >= 0.3 is 0 Å². The van der Waals surface area contributed by atoms with Gasteiger partial charge in [-0.2, -0.15) is 0 Å². The summed E-state index contributed by atoms with van der Waals surface area (Å²) in [6.07, 6.45) is 6.37. The molecule has 0 heterocycles. The van der Waals surface area contributed by atoms with Gasteiger partial charge < -0.3 is 0 Å². The summed E-state index contributed by atoms with van der Waals surface area (Å²) in [6, 6.07) is 4.39. The van der Waals surface area contributed by atoms with Gasteiger partial charge in [0.25, 0.3) is 0 Å². The largest absolute Gasteiger partial charge is 0.299 e. The van der Waals surface area contributed by atoms with Crippen LogP contribution >= 0.6 is 0 Å².